The summed E-state index contributed by atoms with van der Waals surface area (Å²) in [5.74, 6) is 1.00. The zero-order valence-electron chi connectivity index (χ0n) is 17.6. The van der Waals surface area contributed by atoms with E-state index in [1.165, 1.54) is 0 Å². The van der Waals surface area contributed by atoms with Crippen molar-refractivity contribution in [3.63, 3.8) is 0 Å². The van der Waals surface area contributed by atoms with Crippen molar-refractivity contribution in [1.29, 1.82) is 0 Å². The van der Waals surface area contributed by atoms with E-state index in [1.807, 2.05) is 36.4 Å². The van der Waals surface area contributed by atoms with Crippen LogP contribution in [0, 0.1) is 5.92 Å². The number of anilines is 1. The first-order chi connectivity index (χ1) is 15.7. The van der Waals surface area contributed by atoms with Crippen LogP contribution < -0.4 is 5.32 Å². The molecule has 0 saturated carbocycles. The maximum Gasteiger partial charge on any atom is 0.228 e. The first-order valence-electron chi connectivity index (χ1n) is 10.8. The molecule has 2 aromatic heterocycles. The van der Waals surface area contributed by atoms with Crippen LogP contribution in [0.1, 0.15) is 18.7 Å². The van der Waals surface area contributed by atoms with Crippen LogP contribution in [0.4, 0.5) is 5.69 Å². The van der Waals surface area contributed by atoms with Gasteiger partial charge in [0.25, 0.3) is 0 Å². The van der Waals surface area contributed by atoms with Gasteiger partial charge in [-0.1, -0.05) is 28.1 Å². The van der Waals surface area contributed by atoms with Crippen molar-refractivity contribution in [3.8, 4) is 5.69 Å². The van der Waals surface area contributed by atoms with Gasteiger partial charge in [0.1, 0.15) is 5.82 Å². The molecule has 162 valence electrons. The van der Waals surface area contributed by atoms with Gasteiger partial charge < -0.3 is 5.32 Å². The number of rotatable bonds is 5. The van der Waals surface area contributed by atoms with Gasteiger partial charge in [-0.05, 0) is 67.9 Å². The number of hydrogen-bond donors (Lipinski definition) is 1. The van der Waals surface area contributed by atoms with Crippen molar-refractivity contribution in [2.45, 2.75) is 19.4 Å². The van der Waals surface area contributed by atoms with Gasteiger partial charge >= 0.3 is 0 Å². The Labute approximate surface area is 195 Å². The average molecular weight is 490 g/mol. The Balaban J connectivity index is 1.37. The number of imidazole rings is 1. The molecular formula is C25H24BrN5O. The van der Waals surface area contributed by atoms with Crippen molar-refractivity contribution in [2.24, 2.45) is 5.92 Å². The van der Waals surface area contributed by atoms with Crippen molar-refractivity contribution in [2.75, 3.05) is 18.4 Å². The molecule has 7 heteroatoms. The zero-order valence-corrected chi connectivity index (χ0v) is 19.2. The molecule has 1 fully saturated rings. The number of pyridine rings is 1. The van der Waals surface area contributed by atoms with Gasteiger partial charge in [-0.3, -0.25) is 19.2 Å². The lowest BCUT2D eigenvalue weighted by Gasteiger charge is -2.31. The van der Waals surface area contributed by atoms with E-state index in [0.29, 0.717) is 6.54 Å². The van der Waals surface area contributed by atoms with Crippen LogP contribution in [-0.4, -0.2) is 38.4 Å². The molecule has 0 unspecified atom stereocenters. The Morgan fingerprint density at radius 3 is 2.75 bits per heavy atom. The second-order valence-corrected chi connectivity index (χ2v) is 9.05. The van der Waals surface area contributed by atoms with E-state index >= 15 is 0 Å². The van der Waals surface area contributed by atoms with Crippen LogP contribution >= 0.6 is 15.9 Å². The number of carbonyl (C=O) groups excluding carboxylic acids is 1. The Morgan fingerprint density at radius 2 is 1.94 bits per heavy atom. The summed E-state index contributed by atoms with van der Waals surface area (Å²) in [5.41, 5.74) is 3.90. The first-order valence-corrected chi connectivity index (χ1v) is 11.6. The first kappa shape index (κ1) is 20.8. The molecule has 0 aliphatic carbocycles. The number of nitrogens with one attached hydrogen (secondary N) is 1. The molecule has 1 aliphatic rings. The molecule has 1 amide bonds. The summed E-state index contributed by atoms with van der Waals surface area (Å²) in [5, 5.41) is 3.01. The maximum atomic E-state index is 12.8. The second kappa shape index (κ2) is 9.22. The molecule has 0 bridgehead atoms. The summed E-state index contributed by atoms with van der Waals surface area (Å²) in [6.45, 7) is 2.37. The molecule has 2 aromatic carbocycles. The molecule has 5 rings (SSSR count). The lowest BCUT2D eigenvalue weighted by Crippen LogP contribution is -2.40. The minimum Gasteiger partial charge on any atom is -0.324 e. The van der Waals surface area contributed by atoms with E-state index in [4.69, 9.17) is 4.98 Å². The van der Waals surface area contributed by atoms with Crippen LogP contribution in [-0.2, 0) is 11.3 Å². The lowest BCUT2D eigenvalue weighted by atomic mass is 9.97. The molecular weight excluding hydrogens is 466 g/mol. The highest BCUT2D eigenvalue weighted by molar-refractivity contribution is 9.10. The lowest BCUT2D eigenvalue weighted by molar-refractivity contribution is -0.121. The molecule has 6 nitrogen and oxygen atoms in total. The fourth-order valence-electron chi connectivity index (χ4n) is 4.35. The fourth-order valence-corrected chi connectivity index (χ4v) is 4.62. The quantitative estimate of drug-likeness (QED) is 0.426. The predicted octanol–water partition coefficient (Wildman–Crippen LogP) is 5.03. The number of fused-ring (bicyclic) bond motifs is 1. The highest BCUT2D eigenvalue weighted by atomic mass is 79.9. The van der Waals surface area contributed by atoms with E-state index in [1.54, 1.807) is 12.4 Å². The number of benzene rings is 2. The molecule has 0 spiro atoms. The molecule has 0 radical (unpaired) electrons. The summed E-state index contributed by atoms with van der Waals surface area (Å²) < 4.78 is 3.27. The molecule has 3 heterocycles. The number of aromatic nitrogens is 3. The smallest absolute Gasteiger partial charge is 0.228 e. The number of piperidine rings is 1. The Kier molecular flexibility index (Phi) is 6.01. The zero-order chi connectivity index (χ0) is 21.9. The van der Waals surface area contributed by atoms with E-state index < -0.39 is 0 Å². The SMILES string of the molecule is O=C(Nc1cccnc1)[C@@H]1CCCN(Cc2nc3ccccc3n2-c2ccc(Br)cc2)C1. The van der Waals surface area contributed by atoms with Crippen molar-refractivity contribution < 1.29 is 4.79 Å². The minimum atomic E-state index is -0.0468. The standard InChI is InChI=1S/C25H24BrN5O/c26-19-9-11-21(12-10-19)31-23-8-2-1-7-22(23)29-24(31)17-30-14-4-5-18(16-30)25(32)28-20-6-3-13-27-15-20/h1-3,6-13,15,18H,4-5,14,16-17H2,(H,28,32)/t18-/m1/s1. The largest absolute Gasteiger partial charge is 0.324 e. The van der Waals surface area contributed by atoms with Crippen molar-refractivity contribution in [1.82, 2.24) is 19.4 Å². The van der Waals surface area contributed by atoms with E-state index in [0.717, 1.165) is 58.6 Å². The van der Waals surface area contributed by atoms with Crippen LogP contribution in [0.3, 0.4) is 0 Å². The van der Waals surface area contributed by atoms with Crippen LogP contribution in [0.15, 0.2) is 77.5 Å². The molecule has 1 saturated heterocycles. The van der Waals surface area contributed by atoms with Crippen LogP contribution in [0.25, 0.3) is 16.7 Å². The summed E-state index contributed by atoms with van der Waals surface area (Å²) >= 11 is 3.53. The summed E-state index contributed by atoms with van der Waals surface area (Å²) in [7, 11) is 0. The number of likely N-dealkylation sites (tertiary alicyclic amines) is 1. The second-order valence-electron chi connectivity index (χ2n) is 8.13. The Morgan fingerprint density at radius 1 is 1.09 bits per heavy atom. The highest BCUT2D eigenvalue weighted by Crippen LogP contribution is 2.26. The normalized spacial score (nSPS) is 16.8. The van der Waals surface area contributed by atoms with Gasteiger partial charge in [0.15, 0.2) is 0 Å². The number of carbonyl (C=O) groups is 1. The van der Waals surface area contributed by atoms with Crippen LogP contribution in [0.2, 0.25) is 0 Å². The monoisotopic (exact) mass is 489 g/mol. The fraction of sp³-hybridized carbons (Fsp3) is 0.240. The highest BCUT2D eigenvalue weighted by Gasteiger charge is 2.27. The minimum absolute atomic E-state index is 0.0468. The summed E-state index contributed by atoms with van der Waals surface area (Å²) in [6.07, 6.45) is 5.27. The maximum absolute atomic E-state index is 12.8. The molecule has 1 aliphatic heterocycles. The van der Waals surface area contributed by atoms with Gasteiger partial charge in [-0.25, -0.2) is 4.98 Å². The van der Waals surface area contributed by atoms with E-state index in [9.17, 15) is 4.79 Å². The van der Waals surface area contributed by atoms with Crippen molar-refractivity contribution >= 4 is 38.6 Å². The molecule has 4 aromatic rings. The van der Waals surface area contributed by atoms with Crippen LogP contribution in [0.5, 0.6) is 0 Å². The van der Waals surface area contributed by atoms with Gasteiger partial charge in [0, 0.05) is 22.9 Å². The molecule has 1 N–H and O–H groups in total. The van der Waals surface area contributed by atoms with Gasteiger partial charge in [0.2, 0.25) is 5.91 Å². The summed E-state index contributed by atoms with van der Waals surface area (Å²) in [6, 6.07) is 20.2. The third-order valence-electron chi connectivity index (χ3n) is 5.89. The molecule has 32 heavy (non-hydrogen) atoms. The summed E-state index contributed by atoms with van der Waals surface area (Å²) in [4.78, 5) is 24.2. The Hall–Kier alpha value is -3.03. The topological polar surface area (TPSA) is 63.1 Å². The number of amides is 1. The van der Waals surface area contributed by atoms with Crippen molar-refractivity contribution in [3.05, 3.63) is 83.4 Å². The molecule has 1 atom stereocenters. The van der Waals surface area contributed by atoms with Gasteiger partial charge in [-0.15, -0.1) is 0 Å². The van der Waals surface area contributed by atoms with Gasteiger partial charge in [0.05, 0.1) is 35.4 Å². The van der Waals surface area contributed by atoms with E-state index in [-0.39, 0.29) is 11.8 Å². The third-order valence-corrected chi connectivity index (χ3v) is 6.41. The predicted molar refractivity (Wildman–Crippen MR) is 130 cm³/mol. The average Bonchev–Trinajstić information content (AvgIpc) is 3.18. The van der Waals surface area contributed by atoms with E-state index in [2.05, 4.69) is 60.0 Å². The number of nitrogens with zero attached hydrogens (tertiary/aromatic N) is 4. The number of halogens is 1. The third kappa shape index (κ3) is 4.45. The number of hydrogen-bond acceptors (Lipinski definition) is 4. The number of para-hydroxylation sites is 2. The van der Waals surface area contributed by atoms with Gasteiger partial charge in [-0.2, -0.15) is 0 Å². The Bertz CT molecular complexity index is 1220.